The molecular formula is C35H37Cl3S. The molecule has 4 aromatic carbocycles. The second-order valence-corrected chi connectivity index (χ2v) is 11.9. The van der Waals surface area contributed by atoms with Crippen molar-refractivity contribution in [2.45, 2.75) is 65.2 Å². The molecule has 0 spiro atoms. The lowest BCUT2D eigenvalue weighted by Gasteiger charge is -2.17. The van der Waals surface area contributed by atoms with Crippen LogP contribution in [0.3, 0.4) is 0 Å². The van der Waals surface area contributed by atoms with E-state index in [4.69, 9.17) is 34.8 Å². The first-order valence-electron chi connectivity index (χ1n) is 13.9. The molecule has 0 N–H and O–H groups in total. The van der Waals surface area contributed by atoms with E-state index in [2.05, 4.69) is 87.1 Å². The summed E-state index contributed by atoms with van der Waals surface area (Å²) in [5.74, 6) is 0.910. The van der Waals surface area contributed by atoms with E-state index in [1.165, 1.54) is 44.5 Å². The zero-order valence-corrected chi connectivity index (χ0v) is 26.0. The lowest BCUT2D eigenvalue weighted by Crippen LogP contribution is -2.02. The molecular weight excluding hydrogens is 559 g/mol. The highest BCUT2D eigenvalue weighted by Crippen LogP contribution is 2.36. The number of thiol groups is 1. The maximum Gasteiger partial charge on any atom is 0.0516 e. The number of benzene rings is 4. The fourth-order valence-electron chi connectivity index (χ4n) is 5.42. The third-order valence-corrected chi connectivity index (χ3v) is 8.94. The van der Waals surface area contributed by atoms with Crippen LogP contribution in [0, 0.1) is 6.92 Å². The summed E-state index contributed by atoms with van der Waals surface area (Å²) in [4.78, 5) is 0. The van der Waals surface area contributed by atoms with Gasteiger partial charge < -0.3 is 0 Å². The molecule has 0 aliphatic heterocycles. The number of hydrogen-bond acceptors (Lipinski definition) is 1. The van der Waals surface area contributed by atoms with Gasteiger partial charge >= 0.3 is 0 Å². The molecule has 0 unspecified atom stereocenters. The predicted octanol–water partition coefficient (Wildman–Crippen LogP) is 11.0. The Morgan fingerprint density at radius 1 is 0.641 bits per heavy atom. The lowest BCUT2D eigenvalue weighted by molar-refractivity contribution is 0.804. The van der Waals surface area contributed by atoms with Crippen LogP contribution in [0.1, 0.15) is 58.7 Å². The van der Waals surface area contributed by atoms with Gasteiger partial charge in [-0.05, 0) is 127 Å². The normalized spacial score (nSPS) is 11.2. The lowest BCUT2D eigenvalue weighted by atomic mass is 9.89. The summed E-state index contributed by atoms with van der Waals surface area (Å²) in [7, 11) is 0. The molecule has 0 aliphatic rings. The van der Waals surface area contributed by atoms with Crippen molar-refractivity contribution in [3.05, 3.63) is 127 Å². The Morgan fingerprint density at radius 3 is 2.08 bits per heavy atom. The van der Waals surface area contributed by atoms with Crippen molar-refractivity contribution in [3.8, 4) is 11.1 Å². The SMILES string of the molecule is CCc1c(CCc2cc(CCc3cccc(Cl)c3)c(C)cc2Cl)cccc1-c1cccc(CCCCS)c1Cl. The molecule has 4 aromatic rings. The molecule has 39 heavy (non-hydrogen) atoms. The van der Waals surface area contributed by atoms with Crippen LogP contribution >= 0.6 is 47.4 Å². The van der Waals surface area contributed by atoms with E-state index in [9.17, 15) is 0 Å². The molecule has 0 saturated heterocycles. The van der Waals surface area contributed by atoms with Gasteiger partial charge in [0.05, 0.1) is 5.02 Å². The zero-order chi connectivity index (χ0) is 27.8. The zero-order valence-electron chi connectivity index (χ0n) is 22.9. The smallest absolute Gasteiger partial charge is 0.0516 e. The van der Waals surface area contributed by atoms with Crippen molar-refractivity contribution in [1.82, 2.24) is 0 Å². The number of halogens is 3. The van der Waals surface area contributed by atoms with Crippen molar-refractivity contribution in [2.75, 3.05) is 5.75 Å². The van der Waals surface area contributed by atoms with Gasteiger partial charge in [-0.1, -0.05) is 96.3 Å². The summed E-state index contributed by atoms with van der Waals surface area (Å²) in [5.41, 5.74) is 11.4. The van der Waals surface area contributed by atoms with Crippen molar-refractivity contribution >= 4 is 47.4 Å². The first-order chi connectivity index (χ1) is 18.9. The molecule has 0 bridgehead atoms. The summed E-state index contributed by atoms with van der Waals surface area (Å²) in [5, 5.41) is 2.52. The maximum atomic E-state index is 6.97. The molecule has 4 rings (SSSR count). The van der Waals surface area contributed by atoms with Gasteiger partial charge in [-0.25, -0.2) is 0 Å². The largest absolute Gasteiger partial charge is 0.179 e. The highest BCUT2D eigenvalue weighted by atomic mass is 35.5. The Balaban J connectivity index is 1.54. The monoisotopic (exact) mass is 594 g/mol. The summed E-state index contributed by atoms with van der Waals surface area (Å²) in [6.45, 7) is 4.39. The molecule has 0 radical (unpaired) electrons. The second-order valence-electron chi connectivity index (χ2n) is 10.3. The minimum absolute atomic E-state index is 0.788. The molecule has 0 fully saturated rings. The second kappa shape index (κ2) is 14.6. The molecule has 0 aromatic heterocycles. The molecule has 0 nitrogen and oxygen atoms in total. The maximum absolute atomic E-state index is 6.97. The van der Waals surface area contributed by atoms with Gasteiger partial charge in [-0.2, -0.15) is 12.6 Å². The van der Waals surface area contributed by atoms with E-state index in [0.717, 1.165) is 77.8 Å². The average Bonchev–Trinajstić information content (AvgIpc) is 2.93. The Morgan fingerprint density at radius 2 is 1.33 bits per heavy atom. The first kappa shape index (κ1) is 30.1. The van der Waals surface area contributed by atoms with Gasteiger partial charge in [-0.3, -0.25) is 0 Å². The fourth-order valence-corrected chi connectivity index (χ4v) is 6.49. The average molecular weight is 596 g/mol. The molecule has 0 saturated carbocycles. The van der Waals surface area contributed by atoms with Crippen LogP contribution in [-0.4, -0.2) is 5.75 Å². The highest BCUT2D eigenvalue weighted by Gasteiger charge is 2.15. The fraction of sp³-hybridized carbons (Fsp3) is 0.314. The van der Waals surface area contributed by atoms with E-state index in [0.29, 0.717) is 0 Å². The Hall–Kier alpha value is -1.90. The number of rotatable bonds is 12. The first-order valence-corrected chi connectivity index (χ1v) is 15.7. The molecule has 0 aliphatic carbocycles. The van der Waals surface area contributed by atoms with Crippen LogP contribution in [0.25, 0.3) is 11.1 Å². The molecule has 4 heteroatoms. The number of unbranched alkanes of at least 4 members (excludes halogenated alkanes) is 1. The highest BCUT2D eigenvalue weighted by molar-refractivity contribution is 7.80. The summed E-state index contributed by atoms with van der Waals surface area (Å²) >= 11 is 24.3. The van der Waals surface area contributed by atoms with Crippen LogP contribution in [-0.2, 0) is 38.5 Å². The summed E-state index contributed by atoms with van der Waals surface area (Å²) < 4.78 is 0. The molecule has 0 atom stereocenters. The van der Waals surface area contributed by atoms with E-state index in [-0.39, 0.29) is 0 Å². The van der Waals surface area contributed by atoms with Gasteiger partial charge in [0.2, 0.25) is 0 Å². The minimum Gasteiger partial charge on any atom is -0.179 e. The van der Waals surface area contributed by atoms with Crippen molar-refractivity contribution in [2.24, 2.45) is 0 Å². The minimum atomic E-state index is 0.788. The van der Waals surface area contributed by atoms with E-state index >= 15 is 0 Å². The Bertz CT molecular complexity index is 1410. The van der Waals surface area contributed by atoms with E-state index in [1.54, 1.807) is 0 Å². The van der Waals surface area contributed by atoms with Gasteiger partial charge in [0, 0.05) is 15.6 Å². The summed E-state index contributed by atoms with van der Waals surface area (Å²) in [6.07, 6.45) is 7.91. The van der Waals surface area contributed by atoms with Gasteiger partial charge in [0.15, 0.2) is 0 Å². The third-order valence-electron chi connectivity index (χ3n) is 7.59. The number of aryl methyl sites for hydroxylation is 6. The molecule has 0 heterocycles. The standard InChI is InChI=1S/C35H37Cl3S/c1-3-31-26(11-7-14-32(31)33-15-8-12-27(35(33)38)10-4-5-20-39)18-19-29-23-28(24(2)21-34(29)37)17-16-25-9-6-13-30(36)22-25/h6-9,11-15,21-23,39H,3-5,10,16-20H2,1-2H3. The van der Waals surface area contributed by atoms with Gasteiger partial charge in [0.1, 0.15) is 0 Å². The Kier molecular flexibility index (Phi) is 11.3. The van der Waals surface area contributed by atoms with Gasteiger partial charge in [-0.15, -0.1) is 0 Å². The molecule has 0 amide bonds. The quantitative estimate of drug-likeness (QED) is 0.122. The van der Waals surface area contributed by atoms with Crippen LogP contribution in [0.4, 0.5) is 0 Å². The Labute approximate surface area is 255 Å². The van der Waals surface area contributed by atoms with E-state index < -0.39 is 0 Å². The number of hydrogen-bond donors (Lipinski definition) is 1. The van der Waals surface area contributed by atoms with Crippen LogP contribution in [0.5, 0.6) is 0 Å². The van der Waals surface area contributed by atoms with Crippen LogP contribution in [0.2, 0.25) is 15.1 Å². The van der Waals surface area contributed by atoms with E-state index in [1.807, 2.05) is 12.1 Å². The van der Waals surface area contributed by atoms with Crippen molar-refractivity contribution in [1.29, 1.82) is 0 Å². The summed E-state index contributed by atoms with van der Waals surface area (Å²) in [6, 6.07) is 25.7. The van der Waals surface area contributed by atoms with Crippen LogP contribution in [0.15, 0.2) is 72.8 Å². The molecule has 204 valence electrons. The van der Waals surface area contributed by atoms with Crippen LogP contribution < -0.4 is 0 Å². The predicted molar refractivity (Wildman–Crippen MR) is 176 cm³/mol. The van der Waals surface area contributed by atoms with Gasteiger partial charge in [0.25, 0.3) is 0 Å². The third kappa shape index (κ3) is 7.86. The van der Waals surface area contributed by atoms with Crippen molar-refractivity contribution < 1.29 is 0 Å². The topological polar surface area (TPSA) is 0 Å². The van der Waals surface area contributed by atoms with Crippen molar-refractivity contribution in [3.63, 3.8) is 0 Å².